The van der Waals surface area contributed by atoms with E-state index in [1.807, 2.05) is 0 Å². The highest BCUT2D eigenvalue weighted by Crippen LogP contribution is 2.46. The number of allylic oxidation sites excluding steroid dienone is 4. The van der Waals surface area contributed by atoms with Gasteiger partial charge in [0.1, 0.15) is 0 Å². The Labute approximate surface area is 71.8 Å². The molecular formula is C10H16Si. The van der Waals surface area contributed by atoms with Crippen molar-refractivity contribution in [2.24, 2.45) is 11.8 Å². The summed E-state index contributed by atoms with van der Waals surface area (Å²) in [5.41, 5.74) is 2.75. The van der Waals surface area contributed by atoms with Crippen molar-refractivity contribution in [3.05, 3.63) is 23.8 Å². The van der Waals surface area contributed by atoms with Gasteiger partial charge in [0, 0.05) is 10.2 Å². The van der Waals surface area contributed by atoms with Gasteiger partial charge in [0.05, 0.1) is 0 Å². The summed E-state index contributed by atoms with van der Waals surface area (Å²) in [6, 6.07) is 0. The Bertz CT molecular complexity index is 211. The predicted molar refractivity (Wildman–Crippen MR) is 52.8 cm³/mol. The molecule has 0 N–H and O–H groups in total. The third-order valence-corrected chi connectivity index (χ3v) is 5.16. The summed E-state index contributed by atoms with van der Waals surface area (Å²) < 4.78 is 0. The Morgan fingerprint density at radius 1 is 1.55 bits per heavy atom. The van der Waals surface area contributed by atoms with Crippen LogP contribution < -0.4 is 0 Å². The maximum absolute atomic E-state index is 2.41. The van der Waals surface area contributed by atoms with Crippen LogP contribution in [0.3, 0.4) is 0 Å². The van der Waals surface area contributed by atoms with Gasteiger partial charge in [0.15, 0.2) is 0 Å². The molecule has 0 aromatic heterocycles. The number of fused-ring (bicyclic) bond motifs is 1. The normalized spacial score (nSPS) is 42.3. The van der Waals surface area contributed by atoms with Gasteiger partial charge in [-0.2, -0.15) is 0 Å². The number of hydrogen-bond acceptors (Lipinski definition) is 0. The second-order valence-corrected chi connectivity index (χ2v) is 5.27. The number of hydrogen-bond donors (Lipinski definition) is 0. The SMILES string of the molecule is CC1CC2CC=CC=C2C1[SiH3]. The van der Waals surface area contributed by atoms with E-state index >= 15 is 0 Å². The molecule has 0 amide bonds. The monoisotopic (exact) mass is 164 g/mol. The van der Waals surface area contributed by atoms with Crippen LogP contribution in [0.4, 0.5) is 0 Å². The highest BCUT2D eigenvalue weighted by atomic mass is 28.1. The summed E-state index contributed by atoms with van der Waals surface area (Å²) in [6.45, 7) is 2.41. The molecule has 0 bridgehead atoms. The van der Waals surface area contributed by atoms with E-state index in [9.17, 15) is 0 Å². The van der Waals surface area contributed by atoms with Crippen LogP contribution >= 0.6 is 0 Å². The van der Waals surface area contributed by atoms with E-state index in [0.29, 0.717) is 0 Å². The maximum Gasteiger partial charge on any atom is 0.0122 e. The first-order valence-corrected chi connectivity index (χ1v) is 5.81. The van der Waals surface area contributed by atoms with Crippen LogP contribution in [0.15, 0.2) is 23.8 Å². The van der Waals surface area contributed by atoms with Crippen molar-refractivity contribution in [3.63, 3.8) is 0 Å². The summed E-state index contributed by atoms with van der Waals surface area (Å²) >= 11 is 0. The zero-order valence-corrected chi connectivity index (χ0v) is 9.38. The average molecular weight is 164 g/mol. The second kappa shape index (κ2) is 2.63. The topological polar surface area (TPSA) is 0 Å². The van der Waals surface area contributed by atoms with Crippen molar-refractivity contribution in [2.45, 2.75) is 25.3 Å². The number of rotatable bonds is 0. The molecule has 1 fully saturated rings. The minimum Gasteiger partial charge on any atom is -0.0839 e. The maximum atomic E-state index is 2.41. The van der Waals surface area contributed by atoms with E-state index in [1.165, 1.54) is 23.1 Å². The quantitative estimate of drug-likeness (QED) is 0.478. The Hall–Kier alpha value is -0.303. The van der Waals surface area contributed by atoms with E-state index in [4.69, 9.17) is 0 Å². The van der Waals surface area contributed by atoms with Gasteiger partial charge in [0.2, 0.25) is 0 Å². The van der Waals surface area contributed by atoms with E-state index in [2.05, 4.69) is 25.2 Å². The Morgan fingerprint density at radius 3 is 3.09 bits per heavy atom. The molecule has 0 aromatic rings. The fourth-order valence-electron chi connectivity index (χ4n) is 2.43. The summed E-state index contributed by atoms with van der Waals surface area (Å²) in [6.07, 6.45) is 9.70. The van der Waals surface area contributed by atoms with Gasteiger partial charge in [-0.3, -0.25) is 0 Å². The van der Waals surface area contributed by atoms with Crippen LogP contribution in [-0.4, -0.2) is 10.2 Å². The third-order valence-electron chi connectivity index (χ3n) is 3.35. The first-order chi connectivity index (χ1) is 5.29. The lowest BCUT2D eigenvalue weighted by Gasteiger charge is -2.14. The first kappa shape index (κ1) is 7.35. The van der Waals surface area contributed by atoms with Crippen molar-refractivity contribution < 1.29 is 0 Å². The molecule has 60 valence electrons. The highest BCUT2D eigenvalue weighted by molar-refractivity contribution is 6.14. The minimum absolute atomic E-state index is 0.928. The molecular weight excluding hydrogens is 148 g/mol. The summed E-state index contributed by atoms with van der Waals surface area (Å²) in [5.74, 6) is 1.90. The summed E-state index contributed by atoms with van der Waals surface area (Å²) in [7, 11) is 1.35. The minimum atomic E-state index is 0.928. The fraction of sp³-hybridized carbons (Fsp3) is 0.600. The van der Waals surface area contributed by atoms with Crippen LogP contribution in [0.1, 0.15) is 19.8 Å². The van der Waals surface area contributed by atoms with E-state index in [0.717, 1.165) is 17.4 Å². The van der Waals surface area contributed by atoms with Crippen molar-refractivity contribution in [1.82, 2.24) is 0 Å². The standard InChI is InChI=1S/C10H16Si/c1-7-6-8-4-2-3-5-9(8)10(7)11/h2-3,5,7-8,10H,4,6H2,1,11H3. The average Bonchev–Trinajstić information content (AvgIpc) is 2.30. The van der Waals surface area contributed by atoms with Gasteiger partial charge >= 0.3 is 0 Å². The summed E-state index contributed by atoms with van der Waals surface area (Å²) in [4.78, 5) is 0. The van der Waals surface area contributed by atoms with Gasteiger partial charge in [0.25, 0.3) is 0 Å². The van der Waals surface area contributed by atoms with Crippen LogP contribution in [0.2, 0.25) is 5.54 Å². The molecule has 11 heavy (non-hydrogen) atoms. The third kappa shape index (κ3) is 1.12. The Balaban J connectivity index is 2.25. The van der Waals surface area contributed by atoms with Crippen molar-refractivity contribution in [3.8, 4) is 0 Å². The molecule has 2 aliphatic rings. The van der Waals surface area contributed by atoms with Gasteiger partial charge < -0.3 is 0 Å². The smallest absolute Gasteiger partial charge is 0.0122 e. The molecule has 1 saturated carbocycles. The van der Waals surface area contributed by atoms with Crippen molar-refractivity contribution in [2.75, 3.05) is 0 Å². The Kier molecular flexibility index (Phi) is 1.76. The molecule has 3 unspecified atom stereocenters. The molecule has 1 heteroatoms. The second-order valence-electron chi connectivity index (χ2n) is 4.03. The van der Waals surface area contributed by atoms with Crippen LogP contribution in [-0.2, 0) is 0 Å². The lowest BCUT2D eigenvalue weighted by atomic mass is 9.95. The zero-order chi connectivity index (χ0) is 7.84. The highest BCUT2D eigenvalue weighted by Gasteiger charge is 2.32. The molecule has 0 nitrogen and oxygen atoms in total. The van der Waals surface area contributed by atoms with E-state index < -0.39 is 0 Å². The van der Waals surface area contributed by atoms with Crippen LogP contribution in [0.25, 0.3) is 0 Å². The first-order valence-electron chi connectivity index (χ1n) is 4.65. The van der Waals surface area contributed by atoms with Crippen molar-refractivity contribution in [1.29, 1.82) is 0 Å². The van der Waals surface area contributed by atoms with E-state index in [1.54, 1.807) is 5.57 Å². The molecule has 0 radical (unpaired) electrons. The van der Waals surface area contributed by atoms with E-state index in [-0.39, 0.29) is 0 Å². The molecule has 0 heterocycles. The molecule has 0 aliphatic heterocycles. The molecule has 2 rings (SSSR count). The van der Waals surface area contributed by atoms with Gasteiger partial charge in [-0.15, -0.1) is 0 Å². The van der Waals surface area contributed by atoms with Crippen molar-refractivity contribution >= 4 is 10.2 Å². The molecule has 0 aromatic carbocycles. The van der Waals surface area contributed by atoms with Gasteiger partial charge in [-0.05, 0) is 30.2 Å². The largest absolute Gasteiger partial charge is 0.0839 e. The molecule has 0 saturated heterocycles. The predicted octanol–water partition coefficient (Wildman–Crippen LogP) is 1.68. The summed E-state index contributed by atoms with van der Waals surface area (Å²) in [5, 5.41) is 0. The zero-order valence-electron chi connectivity index (χ0n) is 7.38. The Morgan fingerprint density at radius 2 is 2.36 bits per heavy atom. The molecule has 0 spiro atoms. The lowest BCUT2D eigenvalue weighted by molar-refractivity contribution is 0.539. The lowest BCUT2D eigenvalue weighted by Crippen LogP contribution is -2.00. The van der Waals surface area contributed by atoms with Gasteiger partial charge in [-0.1, -0.05) is 30.7 Å². The van der Waals surface area contributed by atoms with Gasteiger partial charge in [-0.25, -0.2) is 0 Å². The molecule has 3 atom stereocenters. The fourth-order valence-corrected chi connectivity index (χ4v) is 3.37. The van der Waals surface area contributed by atoms with Crippen LogP contribution in [0, 0.1) is 11.8 Å². The molecule has 2 aliphatic carbocycles. The van der Waals surface area contributed by atoms with Crippen LogP contribution in [0.5, 0.6) is 0 Å².